The summed E-state index contributed by atoms with van der Waals surface area (Å²) in [5, 5.41) is 8.70. The summed E-state index contributed by atoms with van der Waals surface area (Å²) in [5.74, 6) is 0.251. The van der Waals surface area contributed by atoms with Crippen LogP contribution in [0, 0.1) is 0 Å². The fourth-order valence-corrected chi connectivity index (χ4v) is 2.64. The highest BCUT2D eigenvalue weighted by Crippen LogP contribution is 2.19. The van der Waals surface area contributed by atoms with E-state index in [-0.39, 0.29) is 11.8 Å². The number of nitrogens with one attached hydrogen (secondary N) is 3. The largest absolute Gasteiger partial charge is 0.378 e. The van der Waals surface area contributed by atoms with Crippen LogP contribution in [0.4, 0.5) is 28.6 Å². The number of nitrogens with zero attached hydrogens (tertiary/aromatic N) is 2. The maximum atomic E-state index is 12.4. The van der Waals surface area contributed by atoms with Crippen molar-refractivity contribution in [3.63, 3.8) is 0 Å². The Morgan fingerprint density at radius 3 is 1.90 bits per heavy atom. The summed E-state index contributed by atoms with van der Waals surface area (Å²) < 4.78 is 0. The Balaban J connectivity index is 1.60. The standard InChI is InChI=1S/C22H23N5O2/c1-15(28)24-17-5-7-19(8-6-17)26-22(29)16-4-13-21(23-14-16)25-18-9-11-20(12-10-18)27(2)3/h4-14H,1-3H3,(H,23,25)(H,24,28)(H,26,29). The lowest BCUT2D eigenvalue weighted by atomic mass is 10.2. The predicted octanol–water partition coefficient (Wildman–Crippen LogP) is 4.10. The van der Waals surface area contributed by atoms with E-state index in [9.17, 15) is 9.59 Å². The SMILES string of the molecule is CC(=O)Nc1ccc(NC(=O)c2ccc(Nc3ccc(N(C)C)cc3)nc2)cc1. The van der Waals surface area contributed by atoms with Crippen LogP contribution >= 0.6 is 0 Å². The summed E-state index contributed by atoms with van der Waals surface area (Å²) in [6.07, 6.45) is 1.53. The second-order valence-electron chi connectivity index (χ2n) is 6.71. The molecule has 0 aliphatic heterocycles. The van der Waals surface area contributed by atoms with Crippen molar-refractivity contribution in [3.8, 4) is 0 Å². The van der Waals surface area contributed by atoms with Crippen molar-refractivity contribution in [2.45, 2.75) is 6.92 Å². The summed E-state index contributed by atoms with van der Waals surface area (Å²) in [7, 11) is 3.98. The number of amides is 2. The number of carbonyl (C=O) groups excluding carboxylic acids is 2. The van der Waals surface area contributed by atoms with Crippen LogP contribution in [0.25, 0.3) is 0 Å². The second kappa shape index (κ2) is 8.88. The normalized spacial score (nSPS) is 10.2. The van der Waals surface area contributed by atoms with Crippen LogP contribution in [0.3, 0.4) is 0 Å². The molecule has 2 amide bonds. The molecule has 1 heterocycles. The number of hydrogen-bond acceptors (Lipinski definition) is 5. The van der Waals surface area contributed by atoms with Crippen molar-refractivity contribution in [1.29, 1.82) is 0 Å². The molecule has 0 bridgehead atoms. The Hall–Kier alpha value is -3.87. The molecule has 3 aromatic rings. The van der Waals surface area contributed by atoms with Gasteiger partial charge < -0.3 is 20.9 Å². The van der Waals surface area contributed by atoms with Gasteiger partial charge >= 0.3 is 0 Å². The molecule has 2 aromatic carbocycles. The van der Waals surface area contributed by atoms with Gasteiger partial charge in [-0.2, -0.15) is 0 Å². The van der Waals surface area contributed by atoms with Gasteiger partial charge in [-0.3, -0.25) is 9.59 Å². The van der Waals surface area contributed by atoms with Crippen molar-refractivity contribution in [3.05, 3.63) is 72.4 Å². The number of rotatable bonds is 6. The van der Waals surface area contributed by atoms with E-state index < -0.39 is 0 Å². The first-order valence-corrected chi connectivity index (χ1v) is 9.10. The van der Waals surface area contributed by atoms with E-state index in [1.54, 1.807) is 36.4 Å². The van der Waals surface area contributed by atoms with Gasteiger partial charge in [0.25, 0.3) is 5.91 Å². The fourth-order valence-electron chi connectivity index (χ4n) is 2.64. The van der Waals surface area contributed by atoms with Crippen LogP contribution in [0.1, 0.15) is 17.3 Å². The summed E-state index contributed by atoms with van der Waals surface area (Å²) in [5.41, 5.74) is 3.78. The van der Waals surface area contributed by atoms with Crippen LogP contribution in [0.2, 0.25) is 0 Å². The Bertz CT molecular complexity index is 981. The molecule has 0 unspecified atom stereocenters. The van der Waals surface area contributed by atoms with E-state index in [0.717, 1.165) is 11.4 Å². The third kappa shape index (κ3) is 5.55. The molecular weight excluding hydrogens is 366 g/mol. The van der Waals surface area contributed by atoms with E-state index in [1.807, 2.05) is 43.3 Å². The highest BCUT2D eigenvalue weighted by atomic mass is 16.2. The van der Waals surface area contributed by atoms with Crippen LogP contribution in [0.5, 0.6) is 0 Å². The summed E-state index contributed by atoms with van der Waals surface area (Å²) in [4.78, 5) is 29.8. The Labute approximate surface area is 169 Å². The smallest absolute Gasteiger partial charge is 0.257 e. The maximum Gasteiger partial charge on any atom is 0.257 e. The molecular formula is C22H23N5O2. The molecule has 0 aliphatic rings. The summed E-state index contributed by atoms with van der Waals surface area (Å²) in [6.45, 7) is 1.44. The molecule has 1 aromatic heterocycles. The van der Waals surface area contributed by atoms with Crippen molar-refractivity contribution in [2.75, 3.05) is 34.9 Å². The van der Waals surface area contributed by atoms with Gasteiger partial charge in [-0.1, -0.05) is 0 Å². The van der Waals surface area contributed by atoms with E-state index in [0.29, 0.717) is 22.8 Å². The molecule has 0 fully saturated rings. The number of benzene rings is 2. The molecule has 148 valence electrons. The highest BCUT2D eigenvalue weighted by molar-refractivity contribution is 6.04. The molecule has 0 radical (unpaired) electrons. The molecule has 0 saturated heterocycles. The van der Waals surface area contributed by atoms with Crippen LogP contribution in [0.15, 0.2) is 66.9 Å². The van der Waals surface area contributed by atoms with Crippen molar-refractivity contribution < 1.29 is 9.59 Å². The number of pyridine rings is 1. The van der Waals surface area contributed by atoms with Crippen molar-refractivity contribution >= 4 is 40.4 Å². The van der Waals surface area contributed by atoms with Gasteiger partial charge in [-0.15, -0.1) is 0 Å². The van der Waals surface area contributed by atoms with Crippen molar-refractivity contribution in [1.82, 2.24) is 4.98 Å². The Kier molecular flexibility index (Phi) is 6.09. The van der Waals surface area contributed by atoms with Gasteiger partial charge in [-0.25, -0.2) is 4.98 Å². The van der Waals surface area contributed by atoms with Gasteiger partial charge in [0.1, 0.15) is 5.82 Å². The number of hydrogen-bond donors (Lipinski definition) is 3. The van der Waals surface area contributed by atoms with E-state index in [2.05, 4.69) is 20.9 Å². The minimum Gasteiger partial charge on any atom is -0.378 e. The molecule has 0 aliphatic carbocycles. The molecule has 0 saturated carbocycles. The van der Waals surface area contributed by atoms with Gasteiger partial charge in [0.2, 0.25) is 5.91 Å². The molecule has 29 heavy (non-hydrogen) atoms. The van der Waals surface area contributed by atoms with E-state index in [4.69, 9.17) is 0 Å². The lowest BCUT2D eigenvalue weighted by Gasteiger charge is -2.13. The first-order chi connectivity index (χ1) is 13.9. The summed E-state index contributed by atoms with van der Waals surface area (Å²) in [6, 6.07) is 18.4. The lowest BCUT2D eigenvalue weighted by Crippen LogP contribution is -2.12. The number of aromatic nitrogens is 1. The topological polar surface area (TPSA) is 86.4 Å². The number of anilines is 5. The van der Waals surface area contributed by atoms with Gasteiger partial charge in [0, 0.05) is 50.0 Å². The third-order valence-electron chi connectivity index (χ3n) is 4.14. The van der Waals surface area contributed by atoms with Crippen LogP contribution in [-0.4, -0.2) is 30.9 Å². The zero-order valence-electron chi connectivity index (χ0n) is 16.6. The molecule has 0 atom stereocenters. The predicted molar refractivity (Wildman–Crippen MR) is 117 cm³/mol. The zero-order valence-corrected chi connectivity index (χ0v) is 16.6. The Morgan fingerprint density at radius 2 is 1.38 bits per heavy atom. The van der Waals surface area contributed by atoms with Crippen LogP contribution < -0.4 is 20.9 Å². The molecule has 3 N–H and O–H groups in total. The average Bonchev–Trinajstić information content (AvgIpc) is 2.70. The quantitative estimate of drug-likeness (QED) is 0.591. The lowest BCUT2D eigenvalue weighted by molar-refractivity contribution is -0.114. The molecule has 3 rings (SSSR count). The minimum absolute atomic E-state index is 0.143. The fraction of sp³-hybridized carbons (Fsp3) is 0.136. The maximum absolute atomic E-state index is 12.4. The average molecular weight is 389 g/mol. The summed E-state index contributed by atoms with van der Waals surface area (Å²) >= 11 is 0. The van der Waals surface area contributed by atoms with E-state index in [1.165, 1.54) is 13.1 Å². The molecule has 7 nitrogen and oxygen atoms in total. The zero-order chi connectivity index (χ0) is 20.8. The minimum atomic E-state index is -0.258. The van der Waals surface area contributed by atoms with Gasteiger partial charge in [-0.05, 0) is 60.7 Å². The van der Waals surface area contributed by atoms with Gasteiger partial charge in [0.15, 0.2) is 0 Å². The van der Waals surface area contributed by atoms with E-state index >= 15 is 0 Å². The number of carbonyl (C=O) groups is 2. The van der Waals surface area contributed by atoms with Crippen LogP contribution in [-0.2, 0) is 4.79 Å². The first-order valence-electron chi connectivity index (χ1n) is 9.10. The Morgan fingerprint density at radius 1 is 0.793 bits per heavy atom. The first kappa shape index (κ1) is 19.9. The van der Waals surface area contributed by atoms with Crippen molar-refractivity contribution in [2.24, 2.45) is 0 Å². The third-order valence-corrected chi connectivity index (χ3v) is 4.14. The second-order valence-corrected chi connectivity index (χ2v) is 6.71. The molecule has 7 heteroatoms. The van der Waals surface area contributed by atoms with Gasteiger partial charge in [0.05, 0.1) is 5.56 Å². The highest BCUT2D eigenvalue weighted by Gasteiger charge is 2.07. The monoisotopic (exact) mass is 389 g/mol. The molecule has 0 spiro atoms.